The number of carboxylic acids is 1. The molecule has 54 heavy (non-hydrogen) atoms. The number of carbonyl (C=O) groups is 3. The first-order valence-corrected chi connectivity index (χ1v) is 22.3. The smallest absolute Gasteiger partial charge is 0.309 e. The molecule has 0 saturated heterocycles. The molecule has 0 bridgehead atoms. The van der Waals surface area contributed by atoms with Crippen molar-refractivity contribution in [2.24, 2.45) is 63.9 Å². The Kier molecular flexibility index (Phi) is 18.8. The van der Waals surface area contributed by atoms with E-state index in [0.29, 0.717) is 70.2 Å². The Balaban J connectivity index is 1.09. The Morgan fingerprint density at radius 2 is 1.63 bits per heavy atom. The van der Waals surface area contributed by atoms with Crippen LogP contribution in [-0.2, 0) is 33.3 Å². The van der Waals surface area contributed by atoms with Crippen molar-refractivity contribution in [2.75, 3.05) is 70.9 Å². The van der Waals surface area contributed by atoms with Gasteiger partial charge in [-0.05, 0) is 104 Å². The number of fused-ring (bicyclic) bond motifs is 5. The molecule has 1 amide bonds. The summed E-state index contributed by atoms with van der Waals surface area (Å²) in [4.78, 5) is 34.7. The van der Waals surface area contributed by atoms with Gasteiger partial charge in [0.25, 0.3) is 0 Å². The fraction of sp³-hybridized carbons (Fsp3) is 0.884. The number of thioether (sulfide) groups is 1. The molecule has 0 aromatic rings. The second kappa shape index (κ2) is 22.4. The average molecular weight is 779 g/mol. The number of carbonyl (C=O) groups excluding carboxylic acids is 2. The van der Waals surface area contributed by atoms with Crippen molar-refractivity contribution < 1.29 is 38.4 Å². The summed E-state index contributed by atoms with van der Waals surface area (Å²) in [5, 5.41) is 13.0. The van der Waals surface area contributed by atoms with Gasteiger partial charge in [-0.2, -0.15) is 0 Å². The number of amides is 1. The van der Waals surface area contributed by atoms with Crippen LogP contribution in [0.1, 0.15) is 105 Å². The Labute approximate surface area is 330 Å². The van der Waals surface area contributed by atoms with Crippen LogP contribution in [0.2, 0.25) is 0 Å². The zero-order valence-corrected chi connectivity index (χ0v) is 35.0. The number of aliphatic carboxylic acids is 1. The number of rotatable bonds is 26. The number of aldehydes is 1. The Morgan fingerprint density at radius 1 is 0.944 bits per heavy atom. The van der Waals surface area contributed by atoms with Gasteiger partial charge in [-0.25, -0.2) is 0 Å². The van der Waals surface area contributed by atoms with Crippen molar-refractivity contribution in [3.8, 4) is 0 Å². The molecule has 10 nitrogen and oxygen atoms in total. The SMILES string of the molecule is CC(C)CCC[C@@H](C)[C@H]1CC[C@H]2[C@@H]3CC=C4CC(C(COCCOCCOCCOCCNC(=O)CSC[C@H](N)C=O)C(=O)O)CC[C@]4(C)[C@H]3CC[C@]12C. The van der Waals surface area contributed by atoms with Gasteiger partial charge in [0.05, 0.1) is 70.6 Å². The average Bonchev–Trinajstić information content (AvgIpc) is 3.50. The lowest BCUT2D eigenvalue weighted by Gasteiger charge is -2.59. The van der Waals surface area contributed by atoms with Gasteiger partial charge in [-0.3, -0.25) is 9.59 Å². The normalized spacial score (nSPS) is 30.8. The van der Waals surface area contributed by atoms with Crippen LogP contribution in [0.4, 0.5) is 0 Å². The third-order valence-electron chi connectivity index (χ3n) is 13.9. The molecular weight excluding hydrogens is 705 g/mol. The summed E-state index contributed by atoms with van der Waals surface area (Å²) < 4.78 is 22.5. The van der Waals surface area contributed by atoms with Gasteiger partial charge in [-0.15, -0.1) is 11.8 Å². The lowest BCUT2D eigenvalue weighted by molar-refractivity contribution is -0.147. The second-order valence-electron chi connectivity index (χ2n) is 17.8. The molecule has 3 fully saturated rings. The maximum Gasteiger partial charge on any atom is 0.309 e. The van der Waals surface area contributed by atoms with Crippen LogP contribution in [0, 0.1) is 58.2 Å². The van der Waals surface area contributed by atoms with E-state index in [0.717, 1.165) is 54.8 Å². The van der Waals surface area contributed by atoms with Crippen molar-refractivity contribution in [1.82, 2.24) is 5.32 Å². The number of ether oxygens (including phenoxy) is 4. The standard InChI is InChI=1S/C43H74N2O8S/c1-30(2)7-6-8-31(3)37-11-12-38-35-10-9-33-25-32(13-15-42(33,4)39(35)14-16-43(37,38)5)36(41(48)49)27-53-24-23-52-22-21-51-20-19-50-18-17-45-40(47)29-54-28-34(44)26-46/h9,26,30-32,34-39H,6-8,10-25,27-29,44H2,1-5H3,(H,45,47)(H,48,49)/t31-,32?,34-,35+,36?,37-,38+,39+,42+,43-/m1/s1. The first-order chi connectivity index (χ1) is 25.9. The summed E-state index contributed by atoms with van der Waals surface area (Å²) >= 11 is 1.32. The van der Waals surface area contributed by atoms with Gasteiger partial charge in [0.2, 0.25) is 5.91 Å². The molecule has 4 rings (SSSR count). The highest BCUT2D eigenvalue weighted by Gasteiger charge is 2.59. The van der Waals surface area contributed by atoms with Crippen LogP contribution in [-0.4, -0.2) is 100 Å². The van der Waals surface area contributed by atoms with Crippen molar-refractivity contribution in [3.05, 3.63) is 11.6 Å². The van der Waals surface area contributed by atoms with Gasteiger partial charge in [-0.1, -0.05) is 65.5 Å². The molecule has 0 spiro atoms. The molecule has 0 aromatic heterocycles. The van der Waals surface area contributed by atoms with Crippen molar-refractivity contribution >= 4 is 29.9 Å². The van der Waals surface area contributed by atoms with Crippen LogP contribution in [0.25, 0.3) is 0 Å². The third kappa shape index (κ3) is 12.5. The molecule has 2 unspecified atom stereocenters. The second-order valence-corrected chi connectivity index (χ2v) is 18.8. The lowest BCUT2D eigenvalue weighted by atomic mass is 9.46. The minimum absolute atomic E-state index is 0.111. The topological polar surface area (TPSA) is 146 Å². The molecule has 4 aliphatic carbocycles. The molecule has 0 radical (unpaired) electrons. The largest absolute Gasteiger partial charge is 0.481 e. The van der Waals surface area contributed by atoms with Crippen LogP contribution in [0.3, 0.4) is 0 Å². The van der Waals surface area contributed by atoms with Gasteiger partial charge in [0.1, 0.15) is 6.29 Å². The molecule has 0 aromatic carbocycles. The number of nitrogens with one attached hydrogen (secondary N) is 1. The molecular formula is C43H74N2O8S. The summed E-state index contributed by atoms with van der Waals surface area (Å²) in [5.74, 6) is 4.25. The van der Waals surface area contributed by atoms with Crippen LogP contribution in [0.15, 0.2) is 11.6 Å². The molecule has 0 aliphatic heterocycles. The van der Waals surface area contributed by atoms with E-state index in [1.807, 2.05) is 0 Å². The summed E-state index contributed by atoms with van der Waals surface area (Å²) in [6.45, 7) is 15.9. The summed E-state index contributed by atoms with van der Waals surface area (Å²) in [7, 11) is 0. The molecule has 4 aliphatic rings. The summed E-state index contributed by atoms with van der Waals surface area (Å²) in [6, 6.07) is -0.541. The van der Waals surface area contributed by atoms with Crippen LogP contribution < -0.4 is 11.1 Å². The fourth-order valence-electron chi connectivity index (χ4n) is 11.0. The number of allylic oxidation sites excluding steroid dienone is 2. The predicted octanol–water partition coefficient (Wildman–Crippen LogP) is 6.79. The van der Waals surface area contributed by atoms with E-state index in [2.05, 4.69) is 46.0 Å². The van der Waals surface area contributed by atoms with Crippen molar-refractivity contribution in [3.63, 3.8) is 0 Å². The molecule has 3 saturated carbocycles. The van der Waals surface area contributed by atoms with E-state index in [1.54, 1.807) is 0 Å². The van der Waals surface area contributed by atoms with Crippen LogP contribution >= 0.6 is 11.8 Å². The van der Waals surface area contributed by atoms with E-state index in [9.17, 15) is 19.5 Å². The minimum atomic E-state index is -0.750. The highest BCUT2D eigenvalue weighted by atomic mass is 32.2. The van der Waals surface area contributed by atoms with E-state index < -0.39 is 17.9 Å². The Morgan fingerprint density at radius 3 is 2.30 bits per heavy atom. The molecule has 10 atom stereocenters. The monoisotopic (exact) mass is 779 g/mol. The maximum absolute atomic E-state index is 12.5. The van der Waals surface area contributed by atoms with Crippen LogP contribution in [0.5, 0.6) is 0 Å². The number of hydrogen-bond acceptors (Lipinski definition) is 9. The molecule has 310 valence electrons. The zero-order valence-electron chi connectivity index (χ0n) is 34.2. The van der Waals surface area contributed by atoms with Gasteiger partial charge < -0.3 is 39.9 Å². The molecule has 0 heterocycles. The van der Waals surface area contributed by atoms with Gasteiger partial charge in [0, 0.05) is 12.3 Å². The number of hydrogen-bond donors (Lipinski definition) is 3. The number of carboxylic acid groups (broad SMARTS) is 1. The highest BCUT2D eigenvalue weighted by molar-refractivity contribution is 8.00. The molecule has 11 heteroatoms. The fourth-order valence-corrected chi connectivity index (χ4v) is 11.7. The predicted molar refractivity (Wildman–Crippen MR) is 215 cm³/mol. The van der Waals surface area contributed by atoms with E-state index >= 15 is 0 Å². The first-order valence-electron chi connectivity index (χ1n) is 21.2. The van der Waals surface area contributed by atoms with Gasteiger partial charge >= 0.3 is 5.97 Å². The zero-order chi connectivity index (χ0) is 39.1. The quantitative estimate of drug-likeness (QED) is 0.0488. The Hall–Kier alpha value is -1.50. The lowest BCUT2D eigenvalue weighted by Crippen LogP contribution is -2.51. The van der Waals surface area contributed by atoms with E-state index in [4.69, 9.17) is 24.7 Å². The maximum atomic E-state index is 12.5. The molecule has 4 N–H and O–H groups in total. The van der Waals surface area contributed by atoms with Crippen molar-refractivity contribution in [1.29, 1.82) is 0 Å². The van der Waals surface area contributed by atoms with E-state index in [-0.39, 0.29) is 29.6 Å². The van der Waals surface area contributed by atoms with Crippen molar-refractivity contribution in [2.45, 2.75) is 111 Å². The third-order valence-corrected chi connectivity index (χ3v) is 15.0. The highest BCUT2D eigenvalue weighted by Crippen LogP contribution is 2.67. The number of nitrogens with two attached hydrogens (primary N) is 1. The van der Waals surface area contributed by atoms with Gasteiger partial charge in [0.15, 0.2) is 0 Å². The first kappa shape index (κ1) is 45.2. The Bertz CT molecular complexity index is 1200. The van der Waals surface area contributed by atoms with E-state index in [1.165, 1.54) is 68.7 Å². The summed E-state index contributed by atoms with van der Waals surface area (Å²) in [6.07, 6.45) is 17.0. The minimum Gasteiger partial charge on any atom is -0.481 e. The summed E-state index contributed by atoms with van der Waals surface area (Å²) in [5.41, 5.74) is 7.73.